The second-order valence-corrected chi connectivity index (χ2v) is 5.36. The molecule has 0 radical (unpaired) electrons. The lowest BCUT2D eigenvalue weighted by Crippen LogP contribution is -2.24. The number of hydrogen-bond acceptors (Lipinski definition) is 6. The van der Waals surface area contributed by atoms with E-state index in [-0.39, 0.29) is 22.1 Å². The average Bonchev–Trinajstić information content (AvgIpc) is 2.55. The van der Waals surface area contributed by atoms with E-state index in [1.165, 1.54) is 25.1 Å². The van der Waals surface area contributed by atoms with E-state index in [1.54, 1.807) is 24.3 Å². The van der Waals surface area contributed by atoms with Gasteiger partial charge in [-0.15, -0.1) is 0 Å². The zero-order chi connectivity index (χ0) is 17.7. The van der Waals surface area contributed by atoms with Crippen LogP contribution < -0.4 is 11.1 Å². The van der Waals surface area contributed by atoms with Gasteiger partial charge in [-0.2, -0.15) is 0 Å². The fraction of sp³-hybridized carbons (Fsp3) is 0.125. The normalized spacial score (nSPS) is 11.4. The van der Waals surface area contributed by atoms with Crippen LogP contribution >= 0.6 is 12.2 Å². The monoisotopic (exact) mass is 345 g/mol. The summed E-state index contributed by atoms with van der Waals surface area (Å²) in [7, 11) is 0. The van der Waals surface area contributed by atoms with Crippen molar-refractivity contribution < 1.29 is 14.5 Å². The van der Waals surface area contributed by atoms with Crippen LogP contribution in [0.1, 0.15) is 18.6 Å². The van der Waals surface area contributed by atoms with E-state index in [0.717, 1.165) is 0 Å². The minimum Gasteiger partial charge on any atom is -0.450 e. The maximum Gasteiger partial charge on any atom is 0.303 e. The number of carbonyl (C=O) groups is 1. The van der Waals surface area contributed by atoms with E-state index in [2.05, 4.69) is 5.32 Å². The van der Waals surface area contributed by atoms with Crippen molar-refractivity contribution in [2.45, 2.75) is 13.0 Å². The molecule has 0 heterocycles. The minimum absolute atomic E-state index is 0.127. The molecule has 0 saturated heterocycles. The highest BCUT2D eigenvalue weighted by Crippen LogP contribution is 2.27. The molecule has 2 aromatic rings. The average molecular weight is 345 g/mol. The van der Waals surface area contributed by atoms with Crippen molar-refractivity contribution in [3.8, 4) is 0 Å². The fourth-order valence-electron chi connectivity index (χ4n) is 2.03. The summed E-state index contributed by atoms with van der Waals surface area (Å²) in [5, 5.41) is 13.7. The highest BCUT2D eigenvalue weighted by molar-refractivity contribution is 7.80. The lowest BCUT2D eigenvalue weighted by molar-refractivity contribution is -0.384. The van der Waals surface area contributed by atoms with Crippen molar-refractivity contribution >= 4 is 40.2 Å². The van der Waals surface area contributed by atoms with Crippen molar-refractivity contribution in [1.82, 2.24) is 0 Å². The first kappa shape index (κ1) is 17.4. The van der Waals surface area contributed by atoms with E-state index in [1.807, 2.05) is 6.07 Å². The minimum atomic E-state index is -0.822. The second kappa shape index (κ2) is 7.51. The number of ether oxygens (including phenoxy) is 1. The van der Waals surface area contributed by atoms with Crippen molar-refractivity contribution in [1.29, 1.82) is 0 Å². The van der Waals surface area contributed by atoms with Gasteiger partial charge >= 0.3 is 5.97 Å². The number of esters is 1. The zero-order valence-corrected chi connectivity index (χ0v) is 13.6. The van der Waals surface area contributed by atoms with Crippen LogP contribution in [-0.2, 0) is 9.53 Å². The molecule has 8 heteroatoms. The van der Waals surface area contributed by atoms with Crippen molar-refractivity contribution in [3.63, 3.8) is 0 Å². The number of non-ortho nitro benzene ring substituents is 1. The van der Waals surface area contributed by atoms with Gasteiger partial charge in [-0.05, 0) is 11.6 Å². The Morgan fingerprint density at radius 1 is 1.29 bits per heavy atom. The molecular weight excluding hydrogens is 330 g/mol. The number of nitro benzene ring substituents is 1. The molecule has 0 saturated carbocycles. The number of carbonyl (C=O) groups excluding carboxylic acids is 1. The molecule has 0 aliphatic rings. The van der Waals surface area contributed by atoms with E-state index in [9.17, 15) is 14.9 Å². The fourth-order valence-corrected chi connectivity index (χ4v) is 2.33. The van der Waals surface area contributed by atoms with Crippen LogP contribution in [0.4, 0.5) is 17.1 Å². The highest BCUT2D eigenvalue weighted by Gasteiger charge is 2.21. The van der Waals surface area contributed by atoms with Gasteiger partial charge in [-0.1, -0.05) is 42.5 Å². The smallest absolute Gasteiger partial charge is 0.303 e. The van der Waals surface area contributed by atoms with Crippen LogP contribution in [0.2, 0.25) is 0 Å². The number of hydrogen-bond donors (Lipinski definition) is 2. The zero-order valence-electron chi connectivity index (χ0n) is 12.8. The number of nitrogen functional groups attached to an aromatic ring is 1. The van der Waals surface area contributed by atoms with Crippen molar-refractivity contribution in [2.75, 3.05) is 11.1 Å². The Bertz CT molecular complexity index is 780. The molecule has 2 rings (SSSR count). The molecule has 3 N–H and O–H groups in total. The summed E-state index contributed by atoms with van der Waals surface area (Å²) in [6.07, 6.45) is -0.822. The Morgan fingerprint density at radius 2 is 1.96 bits per heavy atom. The van der Waals surface area contributed by atoms with Gasteiger partial charge in [0.05, 0.1) is 16.3 Å². The molecule has 1 atom stereocenters. The number of nitrogens with one attached hydrogen (secondary N) is 1. The van der Waals surface area contributed by atoms with E-state index in [0.29, 0.717) is 5.56 Å². The van der Waals surface area contributed by atoms with Gasteiger partial charge in [-0.25, -0.2) is 0 Å². The van der Waals surface area contributed by atoms with Gasteiger partial charge in [0.25, 0.3) is 5.69 Å². The third-order valence-electron chi connectivity index (χ3n) is 3.13. The summed E-state index contributed by atoms with van der Waals surface area (Å²) in [6, 6.07) is 12.9. The first-order chi connectivity index (χ1) is 11.4. The van der Waals surface area contributed by atoms with Gasteiger partial charge in [0, 0.05) is 19.1 Å². The first-order valence-corrected chi connectivity index (χ1v) is 7.36. The number of nitro groups is 1. The third kappa shape index (κ3) is 4.26. The number of nitrogens with zero attached hydrogens (tertiary/aromatic N) is 1. The number of benzene rings is 2. The largest absolute Gasteiger partial charge is 0.450 e. The molecule has 7 nitrogen and oxygen atoms in total. The maximum atomic E-state index is 11.4. The Kier molecular flexibility index (Phi) is 5.43. The lowest BCUT2D eigenvalue weighted by atomic mass is 10.1. The molecule has 0 spiro atoms. The molecule has 0 unspecified atom stereocenters. The molecule has 0 bridgehead atoms. The van der Waals surface area contributed by atoms with Crippen LogP contribution in [0.15, 0.2) is 48.5 Å². The number of rotatable bonds is 5. The summed E-state index contributed by atoms with van der Waals surface area (Å²) < 4.78 is 5.27. The molecule has 124 valence electrons. The van der Waals surface area contributed by atoms with Crippen molar-refractivity contribution in [3.05, 3.63) is 64.2 Å². The van der Waals surface area contributed by atoms with E-state index < -0.39 is 17.0 Å². The molecular formula is C16H15N3O4S. The number of nitrogens with two attached hydrogens (primary N) is 1. The standard InChI is InChI=1S/C16H15N3O4S/c1-10(20)23-15(11-5-3-2-4-6-11)16(24)18-14-9-12(19(21)22)7-8-13(14)17/h2-9,15H,17H2,1H3,(H,18,24)/t15-/m1/s1. The molecule has 2 aromatic carbocycles. The van der Waals surface area contributed by atoms with Crippen molar-refractivity contribution in [2.24, 2.45) is 0 Å². The molecule has 24 heavy (non-hydrogen) atoms. The summed E-state index contributed by atoms with van der Waals surface area (Å²) >= 11 is 5.31. The Hall–Kier alpha value is -3.00. The first-order valence-electron chi connectivity index (χ1n) is 6.95. The Morgan fingerprint density at radius 3 is 2.54 bits per heavy atom. The Labute approximate surface area is 143 Å². The van der Waals surface area contributed by atoms with E-state index in [4.69, 9.17) is 22.7 Å². The molecule has 0 fully saturated rings. The third-order valence-corrected chi connectivity index (χ3v) is 3.45. The van der Waals surface area contributed by atoms with Crippen LogP contribution in [0, 0.1) is 10.1 Å². The SMILES string of the molecule is CC(=O)O[C@@H](C(=S)Nc1cc([N+](=O)[O-])ccc1N)c1ccccc1. The van der Waals surface area contributed by atoms with Crippen LogP contribution in [0.3, 0.4) is 0 Å². The van der Waals surface area contributed by atoms with E-state index >= 15 is 0 Å². The molecule has 0 aliphatic heterocycles. The quantitative estimate of drug-likeness (QED) is 0.282. The summed E-state index contributed by atoms with van der Waals surface area (Å²) in [6.45, 7) is 1.28. The highest BCUT2D eigenvalue weighted by atomic mass is 32.1. The molecule has 0 aromatic heterocycles. The molecule has 0 aliphatic carbocycles. The summed E-state index contributed by atoms with van der Waals surface area (Å²) in [4.78, 5) is 21.9. The topological polar surface area (TPSA) is 107 Å². The number of anilines is 2. The Balaban J connectivity index is 2.29. The second-order valence-electron chi connectivity index (χ2n) is 4.92. The lowest BCUT2D eigenvalue weighted by Gasteiger charge is -2.20. The molecule has 0 amide bonds. The van der Waals surface area contributed by atoms with Gasteiger partial charge in [-0.3, -0.25) is 14.9 Å². The van der Waals surface area contributed by atoms with Gasteiger partial charge < -0.3 is 15.8 Å². The van der Waals surface area contributed by atoms with Gasteiger partial charge in [0.15, 0.2) is 6.10 Å². The predicted octanol–water partition coefficient (Wildman–Crippen LogP) is 3.22. The predicted molar refractivity (Wildman–Crippen MR) is 94.7 cm³/mol. The summed E-state index contributed by atoms with van der Waals surface area (Å²) in [5.41, 5.74) is 6.94. The van der Waals surface area contributed by atoms with Crippen LogP contribution in [0.5, 0.6) is 0 Å². The van der Waals surface area contributed by atoms with Crippen LogP contribution in [0.25, 0.3) is 0 Å². The van der Waals surface area contributed by atoms with Gasteiger partial charge in [0.2, 0.25) is 0 Å². The summed E-state index contributed by atoms with van der Waals surface area (Å²) in [5.74, 6) is -0.500. The van der Waals surface area contributed by atoms with Gasteiger partial charge in [0.1, 0.15) is 4.99 Å². The maximum absolute atomic E-state index is 11.4. The number of thiocarbonyl (C=S) groups is 1. The van der Waals surface area contributed by atoms with Crippen LogP contribution in [-0.4, -0.2) is 15.9 Å².